The zero-order chi connectivity index (χ0) is 12.4. The summed E-state index contributed by atoms with van der Waals surface area (Å²) in [5.74, 6) is 0. The Morgan fingerprint density at radius 3 is 2.50 bits per heavy atom. The highest BCUT2D eigenvalue weighted by Crippen LogP contribution is 2.21. The molecule has 0 spiro atoms. The fourth-order valence-corrected chi connectivity index (χ4v) is 2.42. The maximum Gasteiger partial charge on any atom is 0.0528 e. The lowest BCUT2D eigenvalue weighted by Crippen LogP contribution is -2.03. The summed E-state index contributed by atoms with van der Waals surface area (Å²) >= 11 is 0. The lowest BCUT2D eigenvalue weighted by Gasteiger charge is -2.08. The van der Waals surface area contributed by atoms with E-state index in [1.54, 1.807) is 0 Å². The van der Waals surface area contributed by atoms with Gasteiger partial charge in [-0.05, 0) is 22.6 Å². The van der Waals surface area contributed by atoms with Crippen LogP contribution in [-0.2, 0) is 13.1 Å². The van der Waals surface area contributed by atoms with Crippen molar-refractivity contribution >= 4 is 10.9 Å². The summed E-state index contributed by atoms with van der Waals surface area (Å²) in [6.45, 7) is 1.47. The molecule has 2 heteroatoms. The van der Waals surface area contributed by atoms with E-state index in [2.05, 4.69) is 59.3 Å². The molecule has 3 aromatic rings. The first kappa shape index (κ1) is 11.1. The van der Waals surface area contributed by atoms with Gasteiger partial charge in [0.25, 0.3) is 0 Å². The van der Waals surface area contributed by atoms with Crippen LogP contribution < -0.4 is 5.73 Å². The van der Waals surface area contributed by atoms with Crippen molar-refractivity contribution in [2.45, 2.75) is 13.1 Å². The third-order valence-electron chi connectivity index (χ3n) is 3.29. The van der Waals surface area contributed by atoms with E-state index in [4.69, 9.17) is 5.73 Å². The summed E-state index contributed by atoms with van der Waals surface area (Å²) in [6, 6.07) is 18.9. The maximum atomic E-state index is 5.82. The van der Waals surface area contributed by atoms with Crippen molar-refractivity contribution in [1.82, 2.24) is 4.57 Å². The Hall–Kier alpha value is -2.06. The molecule has 18 heavy (non-hydrogen) atoms. The lowest BCUT2D eigenvalue weighted by molar-refractivity contribution is 0.830. The highest BCUT2D eigenvalue weighted by Gasteiger charge is 2.05. The maximum absolute atomic E-state index is 5.82. The van der Waals surface area contributed by atoms with Crippen LogP contribution in [0.3, 0.4) is 0 Å². The first-order valence-corrected chi connectivity index (χ1v) is 6.19. The minimum atomic E-state index is 0.580. The predicted octanol–water partition coefficient (Wildman–Crippen LogP) is 3.15. The molecule has 0 saturated carbocycles. The molecule has 0 aliphatic heterocycles. The van der Waals surface area contributed by atoms with Crippen molar-refractivity contribution in [3.8, 4) is 0 Å². The van der Waals surface area contributed by atoms with Crippen molar-refractivity contribution in [3.63, 3.8) is 0 Å². The van der Waals surface area contributed by atoms with Crippen LogP contribution in [0.1, 0.15) is 11.1 Å². The average Bonchev–Trinajstić information content (AvgIpc) is 2.83. The van der Waals surface area contributed by atoms with E-state index in [1.165, 1.54) is 22.0 Å². The van der Waals surface area contributed by atoms with Crippen molar-refractivity contribution in [2.75, 3.05) is 0 Å². The molecule has 0 fully saturated rings. The van der Waals surface area contributed by atoms with Gasteiger partial charge in [0, 0.05) is 19.3 Å². The quantitative estimate of drug-likeness (QED) is 0.744. The lowest BCUT2D eigenvalue weighted by atomic mass is 10.1. The summed E-state index contributed by atoms with van der Waals surface area (Å²) < 4.78 is 2.27. The van der Waals surface area contributed by atoms with E-state index in [-0.39, 0.29) is 0 Å². The Morgan fingerprint density at radius 1 is 0.889 bits per heavy atom. The van der Waals surface area contributed by atoms with E-state index in [0.717, 1.165) is 6.54 Å². The molecule has 2 nitrogen and oxygen atoms in total. The van der Waals surface area contributed by atoms with Gasteiger partial charge in [-0.25, -0.2) is 0 Å². The molecule has 0 bridgehead atoms. The van der Waals surface area contributed by atoms with Gasteiger partial charge < -0.3 is 10.3 Å². The Balaban J connectivity index is 2.07. The standard InChI is InChI=1S/C16H16N2/c17-11-15-8-4-7-14-9-10-18(16(14)15)12-13-5-2-1-3-6-13/h1-10H,11-12,17H2. The van der Waals surface area contributed by atoms with E-state index in [1.807, 2.05) is 6.07 Å². The number of nitrogens with zero attached hydrogens (tertiary/aromatic N) is 1. The molecule has 0 saturated heterocycles. The van der Waals surface area contributed by atoms with Crippen LogP contribution in [0.5, 0.6) is 0 Å². The van der Waals surface area contributed by atoms with Crippen LogP contribution in [0.25, 0.3) is 10.9 Å². The molecule has 0 radical (unpaired) electrons. The SMILES string of the molecule is NCc1cccc2ccn(Cc3ccccc3)c12. The highest BCUT2D eigenvalue weighted by atomic mass is 15.0. The molecule has 2 aromatic carbocycles. The Bertz CT molecular complexity index is 653. The van der Waals surface area contributed by atoms with E-state index >= 15 is 0 Å². The number of para-hydroxylation sites is 1. The van der Waals surface area contributed by atoms with Crippen LogP contribution in [0.15, 0.2) is 60.8 Å². The number of benzene rings is 2. The Kier molecular flexibility index (Phi) is 2.87. The minimum absolute atomic E-state index is 0.580. The zero-order valence-corrected chi connectivity index (χ0v) is 10.2. The number of hydrogen-bond donors (Lipinski definition) is 1. The number of nitrogens with two attached hydrogens (primary N) is 1. The van der Waals surface area contributed by atoms with Crippen LogP contribution >= 0.6 is 0 Å². The molecule has 0 aliphatic rings. The van der Waals surface area contributed by atoms with Gasteiger partial charge in [-0.15, -0.1) is 0 Å². The molecule has 0 aliphatic carbocycles. The van der Waals surface area contributed by atoms with Crippen LogP contribution in [0.2, 0.25) is 0 Å². The summed E-state index contributed by atoms with van der Waals surface area (Å²) in [7, 11) is 0. The summed E-state index contributed by atoms with van der Waals surface area (Å²) in [4.78, 5) is 0. The minimum Gasteiger partial charge on any atom is -0.343 e. The molecule has 0 unspecified atom stereocenters. The molecule has 3 rings (SSSR count). The molecular formula is C16H16N2. The third kappa shape index (κ3) is 1.91. The van der Waals surface area contributed by atoms with Crippen LogP contribution in [0.4, 0.5) is 0 Å². The third-order valence-corrected chi connectivity index (χ3v) is 3.29. The monoisotopic (exact) mass is 236 g/mol. The van der Waals surface area contributed by atoms with Gasteiger partial charge >= 0.3 is 0 Å². The molecule has 2 N–H and O–H groups in total. The molecule has 90 valence electrons. The van der Waals surface area contributed by atoms with E-state index in [9.17, 15) is 0 Å². The molecule has 0 atom stereocenters. The smallest absolute Gasteiger partial charge is 0.0528 e. The Morgan fingerprint density at radius 2 is 1.72 bits per heavy atom. The van der Waals surface area contributed by atoms with Gasteiger partial charge in [-0.3, -0.25) is 0 Å². The average molecular weight is 236 g/mol. The fourth-order valence-electron chi connectivity index (χ4n) is 2.42. The van der Waals surface area contributed by atoms with Gasteiger partial charge in [-0.2, -0.15) is 0 Å². The predicted molar refractivity (Wildman–Crippen MR) is 75.4 cm³/mol. The van der Waals surface area contributed by atoms with E-state index in [0.29, 0.717) is 6.54 Å². The van der Waals surface area contributed by atoms with Crippen LogP contribution in [-0.4, -0.2) is 4.57 Å². The van der Waals surface area contributed by atoms with Gasteiger partial charge in [0.05, 0.1) is 5.52 Å². The summed E-state index contributed by atoms with van der Waals surface area (Å²) in [5.41, 5.74) is 9.59. The van der Waals surface area contributed by atoms with E-state index < -0.39 is 0 Å². The zero-order valence-electron chi connectivity index (χ0n) is 10.2. The van der Waals surface area contributed by atoms with Crippen LogP contribution in [0, 0.1) is 0 Å². The molecule has 1 heterocycles. The van der Waals surface area contributed by atoms with Crippen molar-refractivity contribution in [1.29, 1.82) is 0 Å². The molecule has 1 aromatic heterocycles. The summed E-state index contributed by atoms with van der Waals surface area (Å²) in [6.07, 6.45) is 2.14. The number of aromatic nitrogens is 1. The van der Waals surface area contributed by atoms with Crippen molar-refractivity contribution < 1.29 is 0 Å². The second-order valence-corrected chi connectivity index (χ2v) is 4.49. The van der Waals surface area contributed by atoms with Gasteiger partial charge in [-0.1, -0.05) is 48.5 Å². The molecular weight excluding hydrogens is 220 g/mol. The first-order valence-electron chi connectivity index (χ1n) is 6.19. The summed E-state index contributed by atoms with van der Waals surface area (Å²) in [5, 5.41) is 1.26. The Labute approximate surface area is 107 Å². The van der Waals surface area contributed by atoms with Gasteiger partial charge in [0.15, 0.2) is 0 Å². The van der Waals surface area contributed by atoms with Gasteiger partial charge in [0.2, 0.25) is 0 Å². The largest absolute Gasteiger partial charge is 0.343 e. The number of hydrogen-bond acceptors (Lipinski definition) is 1. The second kappa shape index (κ2) is 4.67. The number of fused-ring (bicyclic) bond motifs is 1. The fraction of sp³-hybridized carbons (Fsp3) is 0.125. The van der Waals surface area contributed by atoms with Crippen molar-refractivity contribution in [2.24, 2.45) is 5.73 Å². The second-order valence-electron chi connectivity index (χ2n) is 4.49. The first-order chi connectivity index (χ1) is 8.88. The molecule has 0 amide bonds. The van der Waals surface area contributed by atoms with Crippen molar-refractivity contribution in [3.05, 3.63) is 71.9 Å². The highest BCUT2D eigenvalue weighted by molar-refractivity contribution is 5.83. The van der Waals surface area contributed by atoms with Gasteiger partial charge in [0.1, 0.15) is 0 Å². The number of rotatable bonds is 3. The topological polar surface area (TPSA) is 30.9 Å². The normalized spacial score (nSPS) is 10.9.